The van der Waals surface area contributed by atoms with Crippen molar-refractivity contribution in [2.24, 2.45) is 11.5 Å². The molecule has 0 heterocycles. The van der Waals surface area contributed by atoms with Gasteiger partial charge in [0.1, 0.15) is 11.9 Å². The second-order valence-corrected chi connectivity index (χ2v) is 6.99. The second-order valence-electron chi connectivity index (χ2n) is 6.99. The van der Waals surface area contributed by atoms with Crippen LogP contribution in [0.5, 0.6) is 11.5 Å². The van der Waals surface area contributed by atoms with Gasteiger partial charge in [-0.1, -0.05) is 36.4 Å². The van der Waals surface area contributed by atoms with Crippen LogP contribution in [0.3, 0.4) is 0 Å². The van der Waals surface area contributed by atoms with E-state index in [9.17, 15) is 4.79 Å². The fourth-order valence-electron chi connectivity index (χ4n) is 3.46. The molecular formula is C24H27ClN4O3. The van der Waals surface area contributed by atoms with Crippen LogP contribution in [0, 0.1) is 5.41 Å². The number of nitrogens with two attached hydrogens (primary N) is 2. The van der Waals surface area contributed by atoms with Gasteiger partial charge in [0, 0.05) is 17.8 Å². The molecule has 0 fully saturated rings. The Bertz CT molecular complexity index is 1060. The summed E-state index contributed by atoms with van der Waals surface area (Å²) in [5.41, 5.74) is 14.6. The predicted molar refractivity (Wildman–Crippen MR) is 129 cm³/mol. The van der Waals surface area contributed by atoms with E-state index >= 15 is 0 Å². The Labute approximate surface area is 193 Å². The van der Waals surface area contributed by atoms with Gasteiger partial charge in [-0.2, -0.15) is 0 Å². The largest absolute Gasteiger partial charge is 0.493 e. The number of methoxy groups -OCH3 is 2. The van der Waals surface area contributed by atoms with Crippen molar-refractivity contribution < 1.29 is 14.3 Å². The fourth-order valence-corrected chi connectivity index (χ4v) is 3.46. The predicted octanol–water partition coefficient (Wildman–Crippen LogP) is 3.64. The van der Waals surface area contributed by atoms with E-state index in [1.165, 1.54) is 0 Å². The van der Waals surface area contributed by atoms with Gasteiger partial charge >= 0.3 is 0 Å². The molecule has 0 spiro atoms. The summed E-state index contributed by atoms with van der Waals surface area (Å²) in [7, 11) is 3.10. The number of nitrogens with one attached hydrogen (secondary N) is 1. The molecule has 0 radical (unpaired) electrons. The van der Waals surface area contributed by atoms with Crippen LogP contribution < -0.4 is 25.8 Å². The Hall–Kier alpha value is -3.71. The highest BCUT2D eigenvalue weighted by Crippen LogP contribution is 2.35. The minimum absolute atomic E-state index is 0. The summed E-state index contributed by atoms with van der Waals surface area (Å²) in [6.07, 6.45) is 0. The zero-order chi connectivity index (χ0) is 22.4. The lowest BCUT2D eigenvalue weighted by Gasteiger charge is -2.32. The molecule has 32 heavy (non-hydrogen) atoms. The SMILES string of the molecule is COc1ccc(C(C(N)=O)N(Cc2ccccc2)c2ccc(C(=N)N)cc2)cc1OC.Cl. The highest BCUT2D eigenvalue weighted by atomic mass is 35.5. The van der Waals surface area contributed by atoms with Gasteiger partial charge < -0.3 is 25.8 Å². The summed E-state index contributed by atoms with van der Waals surface area (Å²) in [6.45, 7) is 0.447. The van der Waals surface area contributed by atoms with Crippen molar-refractivity contribution in [3.8, 4) is 11.5 Å². The number of carbonyl (C=O) groups excluding carboxylic acids is 1. The topological polar surface area (TPSA) is 115 Å². The summed E-state index contributed by atoms with van der Waals surface area (Å²) in [4.78, 5) is 14.6. The minimum Gasteiger partial charge on any atom is -0.493 e. The quantitative estimate of drug-likeness (QED) is 0.337. The van der Waals surface area contributed by atoms with Gasteiger partial charge in [0.05, 0.1) is 14.2 Å². The molecule has 0 aliphatic heterocycles. The zero-order valence-corrected chi connectivity index (χ0v) is 18.8. The van der Waals surface area contributed by atoms with Crippen molar-refractivity contribution in [2.45, 2.75) is 12.6 Å². The molecule has 3 aromatic rings. The number of carbonyl (C=O) groups is 1. The van der Waals surface area contributed by atoms with Crippen molar-refractivity contribution in [3.05, 3.63) is 89.5 Å². The Morgan fingerprint density at radius 2 is 1.56 bits per heavy atom. The van der Waals surface area contributed by atoms with Crippen LogP contribution in [0.4, 0.5) is 5.69 Å². The summed E-state index contributed by atoms with van der Waals surface area (Å²) in [5.74, 6) is 0.555. The number of hydrogen-bond acceptors (Lipinski definition) is 5. The second kappa shape index (κ2) is 11.1. The van der Waals surface area contributed by atoms with Crippen molar-refractivity contribution in [1.82, 2.24) is 0 Å². The molecule has 168 valence electrons. The Morgan fingerprint density at radius 1 is 0.938 bits per heavy atom. The molecule has 1 atom stereocenters. The minimum atomic E-state index is -0.761. The van der Waals surface area contributed by atoms with Crippen LogP contribution in [0.25, 0.3) is 0 Å². The van der Waals surface area contributed by atoms with Gasteiger partial charge in [-0.05, 0) is 47.5 Å². The smallest absolute Gasteiger partial charge is 0.244 e. The molecule has 1 unspecified atom stereocenters. The lowest BCUT2D eigenvalue weighted by atomic mass is 10.0. The number of amides is 1. The Kier molecular flexibility index (Phi) is 8.49. The van der Waals surface area contributed by atoms with E-state index in [4.69, 9.17) is 26.4 Å². The van der Waals surface area contributed by atoms with E-state index in [2.05, 4.69) is 0 Å². The average Bonchev–Trinajstić information content (AvgIpc) is 2.79. The Morgan fingerprint density at radius 3 is 2.09 bits per heavy atom. The molecule has 0 aliphatic carbocycles. The highest BCUT2D eigenvalue weighted by Gasteiger charge is 2.27. The molecule has 3 aromatic carbocycles. The maximum atomic E-state index is 12.7. The number of anilines is 1. The van der Waals surface area contributed by atoms with Gasteiger partial charge in [0.2, 0.25) is 5.91 Å². The maximum absolute atomic E-state index is 12.7. The number of nitrogen functional groups attached to an aromatic ring is 1. The van der Waals surface area contributed by atoms with Gasteiger partial charge in [-0.15, -0.1) is 12.4 Å². The number of ether oxygens (including phenoxy) is 2. The summed E-state index contributed by atoms with van der Waals surface area (Å²) < 4.78 is 10.7. The van der Waals surface area contributed by atoms with Crippen molar-refractivity contribution in [3.63, 3.8) is 0 Å². The summed E-state index contributed by atoms with van der Waals surface area (Å²) in [6, 6.07) is 21.5. The first kappa shape index (κ1) is 24.6. The summed E-state index contributed by atoms with van der Waals surface area (Å²) >= 11 is 0. The third-order valence-corrected chi connectivity index (χ3v) is 5.01. The van der Waals surface area contributed by atoms with Crippen LogP contribution in [-0.4, -0.2) is 26.0 Å². The van der Waals surface area contributed by atoms with E-state index < -0.39 is 11.9 Å². The van der Waals surface area contributed by atoms with E-state index in [0.29, 0.717) is 29.2 Å². The molecule has 5 N–H and O–H groups in total. The molecule has 0 bridgehead atoms. The van der Waals surface area contributed by atoms with Crippen LogP contribution in [0.2, 0.25) is 0 Å². The van der Waals surface area contributed by atoms with E-state index in [-0.39, 0.29) is 18.2 Å². The van der Waals surface area contributed by atoms with Crippen molar-refractivity contribution in [1.29, 1.82) is 5.41 Å². The molecule has 0 aromatic heterocycles. The zero-order valence-electron chi connectivity index (χ0n) is 17.9. The monoisotopic (exact) mass is 454 g/mol. The lowest BCUT2D eigenvalue weighted by molar-refractivity contribution is -0.119. The number of benzene rings is 3. The summed E-state index contributed by atoms with van der Waals surface area (Å²) in [5, 5.41) is 7.63. The molecule has 0 saturated heterocycles. The van der Waals surface area contributed by atoms with Gasteiger partial charge in [-0.3, -0.25) is 10.2 Å². The third kappa shape index (κ3) is 5.50. The van der Waals surface area contributed by atoms with Gasteiger partial charge in [-0.25, -0.2) is 0 Å². The first-order valence-electron chi connectivity index (χ1n) is 9.71. The number of hydrogen-bond donors (Lipinski definition) is 3. The molecular weight excluding hydrogens is 428 g/mol. The number of amidine groups is 1. The normalized spacial score (nSPS) is 11.1. The van der Waals surface area contributed by atoms with Crippen molar-refractivity contribution >= 4 is 29.8 Å². The average molecular weight is 455 g/mol. The molecule has 0 aliphatic rings. The standard InChI is InChI=1S/C24H26N4O3.ClH/c1-30-20-13-10-18(14-21(20)31-2)22(24(27)29)28(15-16-6-4-3-5-7-16)19-11-8-17(9-12-19)23(25)26;/h3-14,22H,15H2,1-2H3,(H3,25,26)(H2,27,29);1H. The van der Waals surface area contributed by atoms with Crippen molar-refractivity contribution in [2.75, 3.05) is 19.1 Å². The van der Waals surface area contributed by atoms with Crippen LogP contribution in [0.1, 0.15) is 22.7 Å². The first-order valence-corrected chi connectivity index (χ1v) is 9.71. The first-order chi connectivity index (χ1) is 14.9. The molecule has 8 heteroatoms. The molecule has 7 nitrogen and oxygen atoms in total. The van der Waals surface area contributed by atoms with E-state index in [1.807, 2.05) is 47.4 Å². The number of halogens is 1. The molecule has 1 amide bonds. The number of primary amides is 1. The van der Waals surface area contributed by atoms with Crippen LogP contribution in [-0.2, 0) is 11.3 Å². The number of rotatable bonds is 9. The van der Waals surface area contributed by atoms with Crippen LogP contribution >= 0.6 is 12.4 Å². The molecule has 3 rings (SSSR count). The highest BCUT2D eigenvalue weighted by molar-refractivity contribution is 5.95. The number of nitrogens with zero attached hydrogens (tertiary/aromatic N) is 1. The van der Waals surface area contributed by atoms with Gasteiger partial charge in [0.25, 0.3) is 0 Å². The molecule has 0 saturated carbocycles. The Balaban J connectivity index is 0.00000363. The fraction of sp³-hybridized carbons (Fsp3) is 0.167. The van der Waals surface area contributed by atoms with Gasteiger partial charge in [0.15, 0.2) is 11.5 Å². The van der Waals surface area contributed by atoms with E-state index in [0.717, 1.165) is 11.3 Å². The van der Waals surface area contributed by atoms with E-state index in [1.54, 1.807) is 44.6 Å². The van der Waals surface area contributed by atoms with Crippen LogP contribution in [0.15, 0.2) is 72.8 Å². The maximum Gasteiger partial charge on any atom is 0.244 e. The lowest BCUT2D eigenvalue weighted by Crippen LogP contribution is -2.37. The third-order valence-electron chi connectivity index (χ3n) is 5.01.